The van der Waals surface area contributed by atoms with E-state index in [4.69, 9.17) is 15.0 Å². The molecule has 8 aromatic rings. The van der Waals surface area contributed by atoms with Crippen LogP contribution in [0.25, 0.3) is 88.7 Å². The van der Waals surface area contributed by atoms with Gasteiger partial charge in [-0.1, -0.05) is 97.7 Å². The first kappa shape index (κ1) is 35.4. The molecule has 272 valence electrons. The van der Waals surface area contributed by atoms with Crippen LogP contribution in [-0.4, -0.2) is 30.1 Å². The van der Waals surface area contributed by atoms with Gasteiger partial charge in [0.2, 0.25) is 0 Å². The minimum atomic E-state index is -0.232. The molecule has 0 fully saturated rings. The first-order valence-corrected chi connectivity index (χ1v) is 19.8. The lowest BCUT2D eigenvalue weighted by Crippen LogP contribution is -2.10. The smallest absolute Gasteiger partial charge is 0.134 e. The molecule has 8 heteroatoms. The number of aromatic hydroxyl groups is 2. The fourth-order valence-electron chi connectivity index (χ4n) is 7.48. The van der Waals surface area contributed by atoms with Crippen LogP contribution in [0, 0.1) is 0 Å². The highest BCUT2D eigenvalue weighted by Crippen LogP contribution is 2.41. The fraction of sp³-hybridized carbons (Fsp3) is 0.170. The van der Waals surface area contributed by atoms with E-state index in [1.807, 2.05) is 78.9 Å². The highest BCUT2D eigenvalue weighted by Gasteiger charge is 2.21. The van der Waals surface area contributed by atoms with Crippen molar-refractivity contribution in [3.8, 4) is 22.6 Å². The Morgan fingerprint density at radius 1 is 0.509 bits per heavy atom. The summed E-state index contributed by atoms with van der Waals surface area (Å²) in [4.78, 5) is 19.4. The number of phenolic OH excluding ortho intramolecular Hbond substituents is 2. The van der Waals surface area contributed by atoms with Crippen molar-refractivity contribution in [1.82, 2.24) is 19.9 Å². The Bertz CT molecular complexity index is 3090. The van der Waals surface area contributed by atoms with Gasteiger partial charge >= 0.3 is 0 Å². The van der Waals surface area contributed by atoms with Crippen molar-refractivity contribution in [2.24, 2.45) is 0 Å². The molecule has 55 heavy (non-hydrogen) atoms. The summed E-state index contributed by atoms with van der Waals surface area (Å²) in [7, 11) is 0. The lowest BCUT2D eigenvalue weighted by molar-refractivity contribution is 0.486. The largest absolute Gasteiger partial charge is 0.507 e. The van der Waals surface area contributed by atoms with Crippen LogP contribution in [0.2, 0.25) is 0 Å². The van der Waals surface area contributed by atoms with Gasteiger partial charge in [-0.05, 0) is 106 Å². The van der Waals surface area contributed by atoms with Crippen molar-refractivity contribution in [1.29, 1.82) is 0 Å². The third-order valence-electron chi connectivity index (χ3n) is 10.6. The average molecular weight is 851 g/mol. The molecule has 0 amide bonds. The predicted octanol–water partition coefficient (Wildman–Crippen LogP) is 13.5. The molecule has 0 unspecified atom stereocenters. The van der Waals surface area contributed by atoms with Crippen molar-refractivity contribution in [2.45, 2.75) is 52.4 Å². The number of nitrogens with zero attached hydrogens (tertiary/aromatic N) is 3. The standard InChI is InChI=1S/C47H38Br2N4O2/c1-46(2,3)27-19-31-35-13-15-39(50-35)41(26-17-29(48)23-30(49)18-26)40-16-14-36(51-40)32-20-28(47(4,5)6)22-34(45(32)55)38-12-10-25-8-7-24-9-11-37(33(21-27)44(31)54)52-42(24)43(25)53-38/h7-23,50,54-55H,1-6H3. The summed E-state index contributed by atoms with van der Waals surface area (Å²) in [5, 5.41) is 28.8. The maximum atomic E-state index is 12.2. The summed E-state index contributed by atoms with van der Waals surface area (Å²) in [6.07, 6.45) is 3.97. The molecule has 0 aliphatic carbocycles. The molecular weight excluding hydrogens is 812 g/mol. The number of hydrogen-bond acceptors (Lipinski definition) is 5. The number of benzene rings is 4. The molecule has 1 aliphatic rings. The number of fused-ring (bicyclic) bond motifs is 14. The molecule has 12 bridgehead atoms. The molecule has 0 radical (unpaired) electrons. The number of H-pyrrole nitrogens is 1. The van der Waals surface area contributed by atoms with Crippen LogP contribution in [0.15, 0.2) is 99.9 Å². The molecule has 4 aromatic carbocycles. The van der Waals surface area contributed by atoms with Crippen LogP contribution in [0.4, 0.5) is 0 Å². The summed E-state index contributed by atoms with van der Waals surface area (Å²) >= 11 is 7.41. The van der Waals surface area contributed by atoms with Crippen molar-refractivity contribution >= 4 is 109 Å². The molecule has 1 aliphatic heterocycles. The second kappa shape index (κ2) is 12.6. The van der Waals surface area contributed by atoms with E-state index in [9.17, 15) is 10.2 Å². The van der Waals surface area contributed by atoms with E-state index in [1.165, 1.54) is 0 Å². The Kier molecular flexibility index (Phi) is 8.12. The monoisotopic (exact) mass is 848 g/mol. The van der Waals surface area contributed by atoms with Gasteiger partial charge in [0.1, 0.15) is 11.5 Å². The van der Waals surface area contributed by atoms with Gasteiger partial charge < -0.3 is 15.2 Å². The highest BCUT2D eigenvalue weighted by atomic mass is 79.9. The average Bonchev–Trinajstić information content (AvgIpc) is 3.81. The summed E-state index contributed by atoms with van der Waals surface area (Å²) in [6.45, 7) is 13.0. The first-order valence-electron chi connectivity index (χ1n) is 18.3. The fourth-order valence-corrected chi connectivity index (χ4v) is 8.78. The van der Waals surface area contributed by atoms with Crippen LogP contribution in [0.3, 0.4) is 0 Å². The van der Waals surface area contributed by atoms with Gasteiger partial charge in [0.15, 0.2) is 0 Å². The van der Waals surface area contributed by atoms with Crippen LogP contribution >= 0.6 is 31.9 Å². The number of phenols is 2. The normalized spacial score (nSPS) is 12.8. The molecule has 5 heterocycles. The quantitative estimate of drug-likeness (QED) is 0.143. The van der Waals surface area contributed by atoms with Gasteiger partial charge in [-0.25, -0.2) is 15.0 Å². The topological polar surface area (TPSA) is 94.9 Å². The van der Waals surface area contributed by atoms with Crippen molar-refractivity contribution in [3.05, 3.63) is 122 Å². The maximum absolute atomic E-state index is 12.2. The number of aromatic amines is 1. The minimum absolute atomic E-state index is 0.112. The van der Waals surface area contributed by atoms with Gasteiger partial charge in [-0.15, -0.1) is 0 Å². The van der Waals surface area contributed by atoms with Crippen LogP contribution in [0.5, 0.6) is 11.5 Å². The van der Waals surface area contributed by atoms with E-state index in [0.29, 0.717) is 49.3 Å². The molecule has 0 saturated carbocycles. The van der Waals surface area contributed by atoms with Gasteiger partial charge in [-0.3, -0.25) is 0 Å². The lowest BCUT2D eigenvalue weighted by Gasteiger charge is -2.20. The van der Waals surface area contributed by atoms with Crippen LogP contribution in [-0.2, 0) is 10.8 Å². The Morgan fingerprint density at radius 2 is 0.982 bits per heavy atom. The second-order valence-electron chi connectivity index (χ2n) is 16.5. The van der Waals surface area contributed by atoms with Gasteiger partial charge in [-0.2, -0.15) is 0 Å². The summed E-state index contributed by atoms with van der Waals surface area (Å²) in [6, 6.07) is 30.5. The van der Waals surface area contributed by atoms with E-state index in [1.54, 1.807) is 0 Å². The predicted molar refractivity (Wildman–Crippen MR) is 236 cm³/mol. The number of pyridine rings is 2. The number of aromatic nitrogens is 4. The van der Waals surface area contributed by atoms with Crippen molar-refractivity contribution < 1.29 is 10.2 Å². The van der Waals surface area contributed by atoms with E-state index in [0.717, 1.165) is 58.7 Å². The molecule has 0 spiro atoms. The Balaban J connectivity index is 1.55. The molecular formula is C47H38Br2N4O2. The Labute approximate surface area is 335 Å². The van der Waals surface area contributed by atoms with Gasteiger partial charge in [0.05, 0.1) is 33.5 Å². The third kappa shape index (κ3) is 6.12. The lowest BCUT2D eigenvalue weighted by atomic mass is 9.85. The Morgan fingerprint density at radius 3 is 1.55 bits per heavy atom. The zero-order chi connectivity index (χ0) is 38.6. The van der Waals surface area contributed by atoms with Gasteiger partial charge in [0.25, 0.3) is 0 Å². The molecule has 0 saturated heterocycles. The maximum Gasteiger partial charge on any atom is 0.134 e. The summed E-state index contributed by atoms with van der Waals surface area (Å²) < 4.78 is 1.82. The van der Waals surface area contributed by atoms with E-state index >= 15 is 0 Å². The van der Waals surface area contributed by atoms with Gasteiger partial charge in [0, 0.05) is 57.9 Å². The molecule has 6 nitrogen and oxygen atoms in total. The minimum Gasteiger partial charge on any atom is -0.507 e. The SMILES string of the molecule is CC(C)(C)c1cc2c3nc(c(-c4cc(Br)cc(Br)c4)c4ccc([nH]4)c4cc(C(C)(C)C)cc(c4O)c4ccc5ccc6ccc(nc6c5n4)c(c1)c2O)C=C3. The number of hydrogen-bond donors (Lipinski definition) is 3. The molecule has 4 aromatic heterocycles. The number of halogens is 2. The van der Waals surface area contributed by atoms with Crippen LogP contribution < -0.4 is 0 Å². The van der Waals surface area contributed by atoms with Crippen LogP contribution in [0.1, 0.15) is 64.1 Å². The molecule has 3 N–H and O–H groups in total. The first-order chi connectivity index (χ1) is 26.1. The van der Waals surface area contributed by atoms with E-state index in [2.05, 4.69) is 103 Å². The third-order valence-corrected chi connectivity index (χ3v) is 11.5. The second-order valence-corrected chi connectivity index (χ2v) is 18.3. The number of nitrogens with one attached hydrogen (secondary N) is 1. The zero-order valence-corrected chi connectivity index (χ0v) is 34.5. The van der Waals surface area contributed by atoms with Crippen molar-refractivity contribution in [3.63, 3.8) is 0 Å². The number of rotatable bonds is 1. The van der Waals surface area contributed by atoms with E-state index in [-0.39, 0.29) is 22.3 Å². The summed E-state index contributed by atoms with van der Waals surface area (Å²) in [5.41, 5.74) is 9.11. The van der Waals surface area contributed by atoms with E-state index < -0.39 is 0 Å². The highest BCUT2D eigenvalue weighted by molar-refractivity contribution is 9.11. The van der Waals surface area contributed by atoms with Crippen molar-refractivity contribution in [2.75, 3.05) is 0 Å². The molecule has 0 atom stereocenters. The molecule has 9 rings (SSSR count). The summed E-state index contributed by atoms with van der Waals surface area (Å²) in [5.74, 6) is 0.247. The Hall–Kier alpha value is -5.31. The zero-order valence-electron chi connectivity index (χ0n) is 31.3.